The number of hydrogen-bond acceptors (Lipinski definition) is 0. The Bertz CT molecular complexity index is 3420. The zero-order chi connectivity index (χ0) is 57.9. The molecule has 6 aromatic rings. The van der Waals surface area contributed by atoms with Gasteiger partial charge < -0.3 is 0 Å². The number of rotatable bonds is 12. The van der Waals surface area contributed by atoms with E-state index < -0.39 is 54.5 Å². The lowest BCUT2D eigenvalue weighted by Gasteiger charge is -2.70. The molecule has 0 radical (unpaired) electrons. The van der Waals surface area contributed by atoms with E-state index in [-0.39, 0.29) is 0 Å². The topological polar surface area (TPSA) is 0 Å². The fraction of sp³-hybridized carbons (Fsp3) is 0.306. The predicted molar refractivity (Wildman–Crippen MR) is 435 cm³/mol. The van der Waals surface area contributed by atoms with Gasteiger partial charge in [0.2, 0.25) is 0 Å². The van der Waals surface area contributed by atoms with E-state index in [2.05, 4.69) is 511 Å². The molecule has 0 aliphatic heterocycles. The van der Waals surface area contributed by atoms with E-state index in [1.807, 2.05) is 30.3 Å². The number of fused-ring (bicyclic) bond motifs is 4. The van der Waals surface area contributed by atoms with E-state index >= 15 is 0 Å². The van der Waals surface area contributed by atoms with E-state index in [0.717, 1.165) is 68.0 Å². The van der Waals surface area contributed by atoms with E-state index in [4.69, 9.17) is 31.9 Å². The first kappa shape index (κ1) is 71.9. The van der Waals surface area contributed by atoms with Gasteiger partial charge in [0.05, 0.1) is 9.15 Å². The van der Waals surface area contributed by atoms with Gasteiger partial charge in [-0.15, -0.1) is 0 Å². The highest BCUT2D eigenvalue weighted by Gasteiger charge is 2.88. The molecule has 0 heterocycles. The number of benzene rings is 6. The molecule has 28 heteroatoms. The van der Waals surface area contributed by atoms with Crippen molar-refractivity contribution in [1.82, 2.24) is 0 Å². The molecule has 0 N–H and O–H groups in total. The smallest absolute Gasteiger partial charge is 0.0813 e. The van der Waals surface area contributed by atoms with E-state index in [1.165, 1.54) is 0 Å². The maximum Gasteiger partial charge on any atom is 0.136 e. The van der Waals surface area contributed by atoms with Gasteiger partial charge in [-0.2, -0.15) is 0 Å². The molecule has 0 aromatic heterocycles. The molecule has 5 unspecified atom stereocenters. The Balaban J connectivity index is 1.52. The van der Waals surface area contributed by atoms with Crippen LogP contribution in [0.5, 0.6) is 0 Å². The molecule has 1 fully saturated rings. The number of allylic oxidation sites excluding steroid dienone is 4. The molecule has 2 aliphatic rings. The maximum absolute atomic E-state index is 4.75. The van der Waals surface area contributed by atoms with Crippen molar-refractivity contribution in [2.24, 2.45) is 0 Å². The third kappa shape index (κ3) is 10.1. The van der Waals surface area contributed by atoms with Crippen LogP contribution in [0.25, 0.3) is 32.3 Å². The molecule has 0 nitrogen and oxygen atoms in total. The molecular formula is C49H22Br28. The highest BCUT2D eigenvalue weighted by atomic mass is 80.0. The Morgan fingerprint density at radius 2 is 0.675 bits per heavy atom. The van der Waals surface area contributed by atoms with Crippen molar-refractivity contribution in [3.8, 4) is 0 Å². The quantitative estimate of drug-likeness (QED) is 0.107. The van der Waals surface area contributed by atoms with Crippen molar-refractivity contribution in [2.75, 3.05) is 0 Å². The van der Waals surface area contributed by atoms with Gasteiger partial charge in [-0.05, 0) is 86.4 Å². The summed E-state index contributed by atoms with van der Waals surface area (Å²) in [5.74, 6) is 0. The summed E-state index contributed by atoms with van der Waals surface area (Å²) in [4.78, 5) is -0.418. The van der Waals surface area contributed by atoms with Crippen LogP contribution < -0.4 is 0 Å². The van der Waals surface area contributed by atoms with Gasteiger partial charge in [-0.1, -0.05) is 542 Å². The van der Waals surface area contributed by atoms with E-state index in [9.17, 15) is 0 Å². The van der Waals surface area contributed by atoms with Crippen molar-refractivity contribution in [3.63, 3.8) is 0 Å². The second-order valence-corrected chi connectivity index (χ2v) is 60.3. The first-order valence-electron chi connectivity index (χ1n) is 21.1. The van der Waals surface area contributed by atoms with Crippen LogP contribution in [0.3, 0.4) is 0 Å². The van der Waals surface area contributed by atoms with Crippen LogP contribution in [-0.4, -0.2) is 42.6 Å². The van der Waals surface area contributed by atoms with Crippen molar-refractivity contribution < 1.29 is 0 Å². The molecule has 414 valence electrons. The summed E-state index contributed by atoms with van der Waals surface area (Å²) in [6.45, 7) is 0. The normalized spacial score (nSPS) is 24.2. The van der Waals surface area contributed by atoms with Crippen molar-refractivity contribution in [2.45, 2.75) is 54.5 Å². The fourth-order valence-electron chi connectivity index (χ4n) is 9.73. The Kier molecular flexibility index (Phi) is 23.0. The van der Waals surface area contributed by atoms with Gasteiger partial charge >= 0.3 is 0 Å². The highest BCUT2D eigenvalue weighted by molar-refractivity contribution is 9.36. The average molecular weight is 2850 g/mol. The lowest BCUT2D eigenvalue weighted by atomic mass is 9.69. The number of alkyl halides is 25. The standard InChI is InChI=1S/C49H22Br28/c50-31-32(51)34-36(54,35(53)33(31)52)41(60,61)48(74,75)45(68,69)39(34,57)46(70,71)49(76,77)44(66,67)38(56,29-20-8-14-23-11-2-5-17-26(23)29)42(62,63)37(55,28-19-7-13-22-10-1-4-16-25(22)28)43(64,65)47(72,73)40(58,59)30-21-9-15-24-12-3-6-18-27(24)30/h1-21,35H. The van der Waals surface area contributed by atoms with Crippen LogP contribution in [0, 0.1) is 0 Å². The molecule has 2 aliphatic carbocycles. The van der Waals surface area contributed by atoms with Gasteiger partial charge in [0.25, 0.3) is 0 Å². The fourth-order valence-corrected chi connectivity index (χ4v) is 42.6. The van der Waals surface area contributed by atoms with Gasteiger partial charge in [-0.25, -0.2) is 0 Å². The van der Waals surface area contributed by atoms with E-state index in [1.54, 1.807) is 0 Å². The van der Waals surface area contributed by atoms with Gasteiger partial charge in [0.15, 0.2) is 0 Å². The van der Waals surface area contributed by atoms with Crippen LogP contribution in [0.1, 0.15) is 16.7 Å². The summed E-state index contributed by atoms with van der Waals surface area (Å²) < 4.78 is -16.2. The Labute approximate surface area is 681 Å². The summed E-state index contributed by atoms with van der Waals surface area (Å²) in [6, 6.07) is 43.9. The minimum Gasteiger partial charge on any atom is -0.0813 e. The molecule has 0 spiro atoms. The van der Waals surface area contributed by atoms with Crippen LogP contribution in [-0.2, 0) is 11.9 Å². The highest BCUT2D eigenvalue weighted by Crippen LogP contribution is 2.87. The molecule has 0 amide bonds. The van der Waals surface area contributed by atoms with Crippen LogP contribution >= 0.6 is 446 Å². The van der Waals surface area contributed by atoms with Crippen molar-refractivity contribution in [3.05, 3.63) is 163 Å². The van der Waals surface area contributed by atoms with Crippen molar-refractivity contribution >= 4 is 478 Å². The summed E-state index contributed by atoms with van der Waals surface area (Å²) in [7, 11) is 0. The van der Waals surface area contributed by atoms with Crippen molar-refractivity contribution in [1.29, 1.82) is 0 Å². The molecule has 5 atom stereocenters. The molecule has 77 heavy (non-hydrogen) atoms. The minimum absolute atomic E-state index is 0.418. The molecule has 1 saturated carbocycles. The Hall–Kier alpha value is 9.02. The van der Waals surface area contributed by atoms with E-state index in [0.29, 0.717) is 0 Å². The molecular weight excluding hydrogens is 2830 g/mol. The van der Waals surface area contributed by atoms with Crippen LogP contribution in [0.2, 0.25) is 0 Å². The molecule has 8 rings (SSSR count). The SMILES string of the molecule is BrC1=C(Br)C(Br)C2(Br)C(=C1Br)C(Br)(C(Br)(Br)C(Br)(Br)C(Br)(Br)C(Br)(c1cccc3ccccc13)C(Br)(Br)C(Br)(c1cccc3ccccc13)C(Br)(Br)C(Br)(Br)C(Br)(Br)c1cccc3ccccc13)C(Br)(Br)C(Br)(Br)C2(Br)Br. The van der Waals surface area contributed by atoms with Crippen LogP contribution in [0.4, 0.5) is 0 Å². The second-order valence-electron chi connectivity index (χ2n) is 17.7. The van der Waals surface area contributed by atoms with Crippen LogP contribution in [0.15, 0.2) is 146 Å². The molecule has 0 bridgehead atoms. The molecule has 6 aromatic carbocycles. The number of hydrogen-bond donors (Lipinski definition) is 0. The molecule has 0 saturated heterocycles. The largest absolute Gasteiger partial charge is 0.136 e. The first-order valence-corrected chi connectivity index (χ1v) is 43.4. The summed E-state index contributed by atoms with van der Waals surface area (Å²) in [6.07, 6.45) is 0. The first-order chi connectivity index (χ1) is 35.0. The lowest BCUT2D eigenvalue weighted by Crippen LogP contribution is -2.81. The third-order valence-corrected chi connectivity index (χ3v) is 69.7. The zero-order valence-corrected chi connectivity index (χ0v) is 81.2. The third-order valence-electron chi connectivity index (χ3n) is 13.8. The minimum atomic E-state index is -1.52. The van der Waals surface area contributed by atoms with Gasteiger partial charge in [0, 0.05) is 13.4 Å². The lowest BCUT2D eigenvalue weighted by molar-refractivity contribution is 0.375. The van der Waals surface area contributed by atoms with Gasteiger partial charge in [-0.3, -0.25) is 0 Å². The Morgan fingerprint density at radius 3 is 1.08 bits per heavy atom. The maximum atomic E-state index is 4.75. The average Bonchev–Trinajstić information content (AvgIpc) is 3.57. The second kappa shape index (κ2) is 24.7. The zero-order valence-electron chi connectivity index (χ0n) is 36.8. The monoisotopic (exact) mass is 2820 g/mol. The summed E-state index contributed by atoms with van der Waals surface area (Å²) in [5.41, 5.74) is 3.43. The Morgan fingerprint density at radius 1 is 0.338 bits per heavy atom. The predicted octanol–water partition coefficient (Wildman–Crippen LogP) is 29.8. The number of halogens is 28. The summed E-state index contributed by atoms with van der Waals surface area (Å²) >= 11 is 123. The summed E-state index contributed by atoms with van der Waals surface area (Å²) in [5, 5.41) is 5.98. The van der Waals surface area contributed by atoms with Gasteiger partial charge in [0.1, 0.15) is 45.3 Å².